The first-order valence-corrected chi connectivity index (χ1v) is 9.91. The van der Waals surface area contributed by atoms with Gasteiger partial charge in [-0.15, -0.1) is 24.0 Å². The van der Waals surface area contributed by atoms with Crippen molar-refractivity contribution in [3.8, 4) is 5.75 Å². The van der Waals surface area contributed by atoms with Gasteiger partial charge in [-0.3, -0.25) is 4.99 Å². The molecular formula is C20H33ClIN3O2. The van der Waals surface area contributed by atoms with Crippen molar-refractivity contribution in [2.75, 3.05) is 47.0 Å². The van der Waals surface area contributed by atoms with Gasteiger partial charge in [-0.2, -0.15) is 0 Å². The Morgan fingerprint density at radius 2 is 2.11 bits per heavy atom. The lowest BCUT2D eigenvalue weighted by molar-refractivity contribution is 0.0625. The quantitative estimate of drug-likeness (QED) is 0.324. The molecule has 7 heteroatoms. The molecule has 1 saturated heterocycles. The van der Waals surface area contributed by atoms with Crippen LogP contribution in [0.25, 0.3) is 0 Å². The summed E-state index contributed by atoms with van der Waals surface area (Å²) in [5.41, 5.74) is 1.09. The van der Waals surface area contributed by atoms with Crippen molar-refractivity contribution < 1.29 is 9.47 Å². The van der Waals surface area contributed by atoms with Gasteiger partial charge in [-0.1, -0.05) is 17.7 Å². The zero-order chi connectivity index (χ0) is 18.8. The summed E-state index contributed by atoms with van der Waals surface area (Å²) in [6, 6.07) is 5.81. The molecule has 1 N–H and O–H groups in total. The predicted molar refractivity (Wildman–Crippen MR) is 124 cm³/mol. The van der Waals surface area contributed by atoms with E-state index in [0.717, 1.165) is 60.9 Å². The van der Waals surface area contributed by atoms with Gasteiger partial charge in [0.05, 0.1) is 7.11 Å². The second-order valence-electron chi connectivity index (χ2n) is 6.71. The fourth-order valence-corrected chi connectivity index (χ4v) is 3.39. The van der Waals surface area contributed by atoms with Crippen LogP contribution in [0, 0.1) is 5.92 Å². The van der Waals surface area contributed by atoms with Crippen LogP contribution in [0.2, 0.25) is 5.02 Å². The molecule has 1 aromatic carbocycles. The monoisotopic (exact) mass is 509 g/mol. The van der Waals surface area contributed by atoms with Gasteiger partial charge in [0.2, 0.25) is 0 Å². The normalized spacial score (nSPS) is 15.2. The molecule has 0 aromatic heterocycles. The maximum Gasteiger partial charge on any atom is 0.193 e. The molecule has 2 rings (SSSR count). The molecule has 1 heterocycles. The van der Waals surface area contributed by atoms with Crippen molar-refractivity contribution in [3.05, 3.63) is 28.8 Å². The van der Waals surface area contributed by atoms with Gasteiger partial charge in [-0.05, 0) is 56.2 Å². The first-order valence-electron chi connectivity index (χ1n) is 9.53. The number of methoxy groups -OCH3 is 1. The molecule has 0 spiro atoms. The molecule has 0 saturated carbocycles. The smallest absolute Gasteiger partial charge is 0.193 e. The molecular weight excluding hydrogens is 477 g/mol. The Balaban J connectivity index is 0.00000364. The largest absolute Gasteiger partial charge is 0.497 e. The van der Waals surface area contributed by atoms with E-state index < -0.39 is 0 Å². The van der Waals surface area contributed by atoms with Crippen LogP contribution >= 0.6 is 35.6 Å². The molecule has 154 valence electrons. The zero-order valence-corrected chi connectivity index (χ0v) is 19.8. The van der Waals surface area contributed by atoms with Crippen LogP contribution in [0.15, 0.2) is 23.2 Å². The van der Waals surface area contributed by atoms with Gasteiger partial charge in [0.25, 0.3) is 0 Å². The van der Waals surface area contributed by atoms with Crippen molar-refractivity contribution in [1.29, 1.82) is 0 Å². The molecule has 0 unspecified atom stereocenters. The lowest BCUT2D eigenvalue weighted by Crippen LogP contribution is -2.40. The first kappa shape index (κ1) is 24.3. The van der Waals surface area contributed by atoms with Crippen LogP contribution < -0.4 is 10.1 Å². The minimum atomic E-state index is 0. The molecule has 1 aliphatic heterocycles. The number of guanidine groups is 1. The number of rotatable bonds is 8. The molecule has 1 fully saturated rings. The average Bonchev–Trinajstić information content (AvgIpc) is 2.67. The number of halogens is 2. The predicted octanol–water partition coefficient (Wildman–Crippen LogP) is 4.22. The van der Waals surface area contributed by atoms with E-state index >= 15 is 0 Å². The third-order valence-electron chi connectivity index (χ3n) is 4.81. The van der Waals surface area contributed by atoms with Crippen molar-refractivity contribution in [2.45, 2.75) is 32.6 Å². The zero-order valence-electron chi connectivity index (χ0n) is 16.7. The number of hydrogen-bond acceptors (Lipinski definition) is 3. The molecule has 0 aliphatic carbocycles. The average molecular weight is 510 g/mol. The van der Waals surface area contributed by atoms with Crippen molar-refractivity contribution >= 4 is 41.5 Å². The van der Waals surface area contributed by atoms with Crippen LogP contribution in [0.1, 0.15) is 31.7 Å². The van der Waals surface area contributed by atoms with Gasteiger partial charge in [-0.25, -0.2) is 0 Å². The molecule has 0 radical (unpaired) electrons. The summed E-state index contributed by atoms with van der Waals surface area (Å²) in [6.45, 7) is 6.50. The Morgan fingerprint density at radius 3 is 2.74 bits per heavy atom. The Labute approximate surface area is 185 Å². The fourth-order valence-electron chi connectivity index (χ4n) is 3.13. The number of nitrogens with one attached hydrogen (secondary N) is 1. The van der Waals surface area contributed by atoms with Crippen LogP contribution in [-0.4, -0.2) is 57.9 Å². The fraction of sp³-hybridized carbons (Fsp3) is 0.650. The van der Waals surface area contributed by atoms with E-state index in [1.807, 2.05) is 18.2 Å². The summed E-state index contributed by atoms with van der Waals surface area (Å²) >= 11 is 6.32. The van der Waals surface area contributed by atoms with Crippen LogP contribution in [0.5, 0.6) is 5.75 Å². The van der Waals surface area contributed by atoms with E-state index in [9.17, 15) is 0 Å². The Kier molecular flexibility index (Phi) is 12.1. The summed E-state index contributed by atoms with van der Waals surface area (Å²) in [6.07, 6.45) is 4.36. The minimum Gasteiger partial charge on any atom is -0.497 e. The lowest BCUT2D eigenvalue weighted by Gasteiger charge is -2.26. The number of nitrogens with zero attached hydrogens (tertiary/aromatic N) is 2. The number of hydrogen-bond donors (Lipinski definition) is 1. The highest BCUT2D eigenvalue weighted by Crippen LogP contribution is 2.23. The molecule has 0 atom stereocenters. The standard InChI is InChI=1S/C20H32ClN3O2.HI/c1-4-22-20(24(2)12-8-16-9-13-26-14-10-16)23-11-7-17-5-6-18(25-3)15-19(17)21;/h5-6,15-16H,4,7-14H2,1-3H3,(H,22,23);1H. The maximum absolute atomic E-state index is 6.32. The van der Waals surface area contributed by atoms with Crippen LogP contribution in [0.4, 0.5) is 0 Å². The second kappa shape index (κ2) is 13.4. The highest BCUT2D eigenvalue weighted by atomic mass is 127. The van der Waals surface area contributed by atoms with E-state index in [1.54, 1.807) is 7.11 Å². The topological polar surface area (TPSA) is 46.1 Å². The van der Waals surface area contributed by atoms with E-state index in [0.29, 0.717) is 6.54 Å². The molecule has 0 bridgehead atoms. The van der Waals surface area contributed by atoms with Gasteiger partial charge in [0.1, 0.15) is 5.75 Å². The highest BCUT2D eigenvalue weighted by Gasteiger charge is 2.15. The van der Waals surface area contributed by atoms with E-state index in [-0.39, 0.29) is 24.0 Å². The van der Waals surface area contributed by atoms with Crippen molar-refractivity contribution in [3.63, 3.8) is 0 Å². The van der Waals surface area contributed by atoms with Gasteiger partial charge >= 0.3 is 0 Å². The second-order valence-corrected chi connectivity index (χ2v) is 7.12. The Hall–Kier alpha value is -0.730. The molecule has 27 heavy (non-hydrogen) atoms. The highest BCUT2D eigenvalue weighted by molar-refractivity contribution is 14.0. The SMILES string of the molecule is CCNC(=NCCc1ccc(OC)cc1Cl)N(C)CCC1CCOCC1.I. The minimum absolute atomic E-state index is 0. The van der Waals surface area contributed by atoms with Gasteiger partial charge in [0.15, 0.2) is 5.96 Å². The van der Waals surface area contributed by atoms with E-state index in [1.165, 1.54) is 19.3 Å². The number of benzene rings is 1. The third-order valence-corrected chi connectivity index (χ3v) is 5.16. The first-order chi connectivity index (χ1) is 12.6. The third kappa shape index (κ3) is 8.44. The number of aliphatic imine (C=N–C) groups is 1. The van der Waals surface area contributed by atoms with Gasteiger partial charge in [0, 0.05) is 44.9 Å². The Bertz CT molecular complexity index is 580. The van der Waals surface area contributed by atoms with Crippen LogP contribution in [-0.2, 0) is 11.2 Å². The molecule has 1 aromatic rings. The lowest BCUT2D eigenvalue weighted by atomic mass is 9.96. The molecule has 1 aliphatic rings. The summed E-state index contributed by atoms with van der Waals surface area (Å²) in [5.74, 6) is 2.51. The molecule has 5 nitrogen and oxygen atoms in total. The summed E-state index contributed by atoms with van der Waals surface area (Å²) in [5, 5.41) is 4.12. The molecule has 0 amide bonds. The maximum atomic E-state index is 6.32. The van der Waals surface area contributed by atoms with Gasteiger partial charge < -0.3 is 19.7 Å². The summed E-state index contributed by atoms with van der Waals surface area (Å²) in [7, 11) is 3.76. The summed E-state index contributed by atoms with van der Waals surface area (Å²) < 4.78 is 10.6. The van der Waals surface area contributed by atoms with E-state index in [2.05, 4.69) is 24.2 Å². The van der Waals surface area contributed by atoms with Crippen molar-refractivity contribution in [2.24, 2.45) is 10.9 Å². The van der Waals surface area contributed by atoms with Crippen molar-refractivity contribution in [1.82, 2.24) is 10.2 Å². The van der Waals surface area contributed by atoms with Crippen LogP contribution in [0.3, 0.4) is 0 Å². The Morgan fingerprint density at radius 1 is 1.37 bits per heavy atom. The number of ether oxygens (including phenoxy) is 2. The van der Waals surface area contributed by atoms with E-state index in [4.69, 9.17) is 26.1 Å². The summed E-state index contributed by atoms with van der Waals surface area (Å²) in [4.78, 5) is 7.00.